The Morgan fingerprint density at radius 1 is 1.08 bits per heavy atom. The highest BCUT2D eigenvalue weighted by Gasteiger charge is 2.89. The molecule has 0 bridgehead atoms. The van der Waals surface area contributed by atoms with Crippen molar-refractivity contribution >= 4 is 11.9 Å². The van der Waals surface area contributed by atoms with Crippen LogP contribution >= 0.6 is 0 Å². The third-order valence-corrected chi connectivity index (χ3v) is 11.6. The minimum absolute atomic E-state index is 0.151. The number of aliphatic hydroxyl groups is 3. The molecule has 5 fully saturated rings. The van der Waals surface area contributed by atoms with Crippen LogP contribution < -0.4 is 0 Å². The van der Waals surface area contributed by atoms with Crippen molar-refractivity contribution in [3.05, 3.63) is 24.2 Å². The van der Waals surface area contributed by atoms with Gasteiger partial charge in [-0.1, -0.05) is 20.8 Å². The molecular formula is C28H38O9. The SMILES string of the molecule is CC(=O)OC1CC(=O)OC(C)(C)C2CC3OC45C(O)CC(c6ccoc6)C4(C)C(O)C(O)C(C12C)C35C. The number of hydrogen-bond donors (Lipinski definition) is 3. The molecule has 2 saturated heterocycles. The standard InChI is InChI=1S/C28H38O9/c1-13(29)35-18-11-20(31)37-24(2,3)16-10-19-27(6)22(25(16,18)4)21(32)23(33)26(5)15(14-7-8-34-12-14)9-17(30)28(26,27)36-19/h7-8,12,15-19,21-23,30,32-33H,9-11H2,1-6H3. The van der Waals surface area contributed by atoms with Crippen molar-refractivity contribution in [2.24, 2.45) is 28.1 Å². The van der Waals surface area contributed by atoms with Gasteiger partial charge in [0.1, 0.15) is 17.3 Å². The summed E-state index contributed by atoms with van der Waals surface area (Å²) >= 11 is 0. The normalized spacial score (nSPS) is 53.6. The van der Waals surface area contributed by atoms with E-state index in [1.807, 2.05) is 40.7 Å². The average Bonchev–Trinajstić information content (AvgIpc) is 3.38. The molecule has 37 heavy (non-hydrogen) atoms. The summed E-state index contributed by atoms with van der Waals surface area (Å²) in [5.41, 5.74) is -4.03. The number of cyclic esters (lactones) is 1. The highest BCUT2D eigenvalue weighted by molar-refractivity contribution is 5.73. The van der Waals surface area contributed by atoms with Crippen LogP contribution in [0.5, 0.6) is 0 Å². The Hall–Kier alpha value is -1.94. The zero-order valence-electron chi connectivity index (χ0n) is 22.3. The highest BCUT2D eigenvalue weighted by atomic mass is 16.6. The zero-order chi connectivity index (χ0) is 26.9. The Kier molecular flexibility index (Phi) is 5.05. The van der Waals surface area contributed by atoms with Crippen molar-refractivity contribution in [2.45, 2.75) is 108 Å². The number of rotatable bonds is 2. The molecule has 12 unspecified atom stereocenters. The van der Waals surface area contributed by atoms with Crippen LogP contribution in [0.15, 0.2) is 23.0 Å². The van der Waals surface area contributed by atoms with E-state index in [1.165, 1.54) is 6.92 Å². The Labute approximate surface area is 216 Å². The molecule has 3 N–H and O–H groups in total. The van der Waals surface area contributed by atoms with Crippen LogP contribution in [0.2, 0.25) is 0 Å². The maximum Gasteiger partial charge on any atom is 0.310 e. The van der Waals surface area contributed by atoms with Crippen LogP contribution in [0.1, 0.15) is 72.3 Å². The molecule has 3 aliphatic carbocycles. The number of fused-ring (bicyclic) bond motifs is 2. The summed E-state index contributed by atoms with van der Waals surface area (Å²) in [5.74, 6) is -2.31. The molecule has 0 amide bonds. The minimum Gasteiger partial charge on any atom is -0.472 e. The van der Waals surface area contributed by atoms with E-state index < -0.39 is 69.7 Å². The van der Waals surface area contributed by atoms with Gasteiger partial charge >= 0.3 is 11.9 Å². The second kappa shape index (κ2) is 7.37. The van der Waals surface area contributed by atoms with Gasteiger partial charge in [-0.15, -0.1) is 0 Å². The van der Waals surface area contributed by atoms with E-state index >= 15 is 0 Å². The lowest BCUT2D eigenvalue weighted by molar-refractivity contribution is -0.463. The molecule has 2 aliphatic heterocycles. The molecule has 0 aromatic carbocycles. The van der Waals surface area contributed by atoms with Gasteiger partial charge in [0, 0.05) is 40.9 Å². The number of aliphatic hydroxyl groups excluding tert-OH is 3. The van der Waals surface area contributed by atoms with Crippen LogP contribution in [-0.4, -0.2) is 69.0 Å². The molecule has 1 aromatic heterocycles. The Morgan fingerprint density at radius 3 is 2.41 bits per heavy atom. The van der Waals surface area contributed by atoms with Gasteiger partial charge in [0.15, 0.2) is 0 Å². The van der Waals surface area contributed by atoms with Crippen molar-refractivity contribution in [2.75, 3.05) is 0 Å². The van der Waals surface area contributed by atoms with Gasteiger partial charge in [0.2, 0.25) is 0 Å². The lowest BCUT2D eigenvalue weighted by Gasteiger charge is -2.80. The number of ether oxygens (including phenoxy) is 3. The van der Waals surface area contributed by atoms with Crippen molar-refractivity contribution in [1.82, 2.24) is 0 Å². The molecular weight excluding hydrogens is 480 g/mol. The minimum atomic E-state index is -1.26. The second-order valence-corrected chi connectivity index (χ2v) is 13.2. The number of esters is 2. The van der Waals surface area contributed by atoms with Gasteiger partial charge in [-0.05, 0) is 38.3 Å². The number of hydrogen-bond acceptors (Lipinski definition) is 9. The molecule has 3 saturated carbocycles. The van der Waals surface area contributed by atoms with Gasteiger partial charge in [-0.25, -0.2) is 0 Å². The summed E-state index contributed by atoms with van der Waals surface area (Å²) in [7, 11) is 0. The first-order chi connectivity index (χ1) is 17.2. The molecule has 204 valence electrons. The topological polar surface area (TPSA) is 136 Å². The predicted molar refractivity (Wildman–Crippen MR) is 128 cm³/mol. The first-order valence-corrected chi connectivity index (χ1v) is 13.3. The first-order valence-electron chi connectivity index (χ1n) is 13.3. The quantitative estimate of drug-likeness (QED) is 0.504. The Bertz CT molecular complexity index is 1130. The molecule has 0 radical (unpaired) electrons. The van der Waals surface area contributed by atoms with E-state index in [-0.39, 0.29) is 24.4 Å². The largest absolute Gasteiger partial charge is 0.472 e. The van der Waals surface area contributed by atoms with Gasteiger partial charge < -0.3 is 33.9 Å². The molecule has 5 aliphatic rings. The smallest absolute Gasteiger partial charge is 0.310 e. The van der Waals surface area contributed by atoms with Crippen LogP contribution in [0, 0.1) is 28.1 Å². The summed E-state index contributed by atoms with van der Waals surface area (Å²) in [6.07, 6.45) is -0.768. The van der Waals surface area contributed by atoms with Gasteiger partial charge in [-0.3, -0.25) is 9.59 Å². The van der Waals surface area contributed by atoms with Gasteiger partial charge in [0.25, 0.3) is 0 Å². The molecule has 12 atom stereocenters. The summed E-state index contributed by atoms with van der Waals surface area (Å²) in [6.45, 7) is 10.9. The monoisotopic (exact) mass is 518 g/mol. The second-order valence-electron chi connectivity index (χ2n) is 13.2. The third-order valence-electron chi connectivity index (χ3n) is 11.6. The van der Waals surface area contributed by atoms with Crippen molar-refractivity contribution in [3.63, 3.8) is 0 Å². The molecule has 1 aromatic rings. The van der Waals surface area contributed by atoms with Crippen molar-refractivity contribution in [1.29, 1.82) is 0 Å². The summed E-state index contributed by atoms with van der Waals surface area (Å²) in [5, 5.41) is 35.8. The predicted octanol–water partition coefficient (Wildman–Crippen LogP) is 2.31. The van der Waals surface area contributed by atoms with Crippen molar-refractivity contribution in [3.8, 4) is 0 Å². The van der Waals surface area contributed by atoms with E-state index in [0.717, 1.165) is 5.56 Å². The molecule has 9 heteroatoms. The van der Waals surface area contributed by atoms with E-state index in [2.05, 4.69) is 0 Å². The van der Waals surface area contributed by atoms with Crippen LogP contribution in [0.3, 0.4) is 0 Å². The fraction of sp³-hybridized carbons (Fsp3) is 0.786. The van der Waals surface area contributed by atoms with Crippen LogP contribution in [-0.2, 0) is 23.8 Å². The Morgan fingerprint density at radius 2 is 1.78 bits per heavy atom. The first kappa shape index (κ1) is 25.3. The zero-order valence-corrected chi connectivity index (χ0v) is 22.3. The fourth-order valence-corrected chi connectivity index (χ4v) is 10.4. The van der Waals surface area contributed by atoms with E-state index in [0.29, 0.717) is 12.8 Å². The van der Waals surface area contributed by atoms with Crippen LogP contribution in [0.25, 0.3) is 0 Å². The van der Waals surface area contributed by atoms with E-state index in [1.54, 1.807) is 12.5 Å². The lowest BCUT2D eigenvalue weighted by Crippen LogP contribution is -2.89. The van der Waals surface area contributed by atoms with E-state index in [4.69, 9.17) is 18.6 Å². The summed E-state index contributed by atoms with van der Waals surface area (Å²) in [4.78, 5) is 25.2. The number of furan rings is 1. The number of carbonyl (C=O) groups is 2. The third kappa shape index (κ3) is 2.64. The summed E-state index contributed by atoms with van der Waals surface area (Å²) < 4.78 is 23.8. The Balaban J connectivity index is 1.57. The van der Waals surface area contributed by atoms with Crippen molar-refractivity contribution < 1.29 is 43.5 Å². The van der Waals surface area contributed by atoms with Crippen LogP contribution in [0.4, 0.5) is 0 Å². The molecule has 9 nitrogen and oxygen atoms in total. The molecule has 6 rings (SSSR count). The van der Waals surface area contributed by atoms with Gasteiger partial charge in [-0.2, -0.15) is 0 Å². The fourth-order valence-electron chi connectivity index (χ4n) is 10.4. The number of carbonyl (C=O) groups excluding carboxylic acids is 2. The maximum absolute atomic E-state index is 12.9. The maximum atomic E-state index is 12.9. The molecule has 1 spiro atoms. The molecule has 3 heterocycles. The van der Waals surface area contributed by atoms with E-state index in [9.17, 15) is 24.9 Å². The lowest BCUT2D eigenvalue weighted by atomic mass is 9.32. The average molecular weight is 519 g/mol. The van der Waals surface area contributed by atoms with Gasteiger partial charge in [0.05, 0.1) is 43.4 Å². The summed E-state index contributed by atoms with van der Waals surface area (Å²) in [6, 6.07) is 1.83. The highest BCUT2D eigenvalue weighted by Crippen LogP contribution is 2.81.